The van der Waals surface area contributed by atoms with Crippen LogP contribution in [-0.4, -0.2) is 45.7 Å². The summed E-state index contributed by atoms with van der Waals surface area (Å²) < 4.78 is 11.0. The van der Waals surface area contributed by atoms with Crippen LogP contribution in [0.25, 0.3) is 0 Å². The van der Waals surface area contributed by atoms with Crippen molar-refractivity contribution in [3.05, 3.63) is 65.7 Å². The molecule has 3 N–H and O–H groups in total. The van der Waals surface area contributed by atoms with Crippen molar-refractivity contribution in [3.8, 4) is 5.75 Å². The lowest BCUT2D eigenvalue weighted by Gasteiger charge is -2.15. The highest BCUT2D eigenvalue weighted by Gasteiger charge is 2.06. The van der Waals surface area contributed by atoms with Crippen molar-refractivity contribution < 1.29 is 14.3 Å². The number of rotatable bonds is 11. The molecule has 0 heterocycles. The van der Waals surface area contributed by atoms with E-state index in [1.54, 1.807) is 14.2 Å². The van der Waals surface area contributed by atoms with Crippen LogP contribution in [0.5, 0.6) is 5.75 Å². The molecule has 1 unspecified atom stereocenters. The SMILES string of the molecule is CN=C(NCCCOC(C)c1ccccc1)NCC(=O)NCc1ccc(OC)cc1. The van der Waals surface area contributed by atoms with Gasteiger partial charge >= 0.3 is 0 Å². The van der Waals surface area contributed by atoms with Crippen molar-refractivity contribution in [1.82, 2.24) is 16.0 Å². The van der Waals surface area contributed by atoms with Gasteiger partial charge in [0.05, 0.1) is 19.8 Å². The molecule has 2 aromatic carbocycles. The van der Waals surface area contributed by atoms with Crippen LogP contribution in [0, 0.1) is 0 Å². The fraction of sp³-hybridized carbons (Fsp3) is 0.391. The van der Waals surface area contributed by atoms with Crippen LogP contribution < -0.4 is 20.7 Å². The highest BCUT2D eigenvalue weighted by atomic mass is 16.5. The monoisotopic (exact) mass is 412 g/mol. The fourth-order valence-electron chi connectivity index (χ4n) is 2.75. The highest BCUT2D eigenvalue weighted by molar-refractivity contribution is 5.86. The molecule has 162 valence electrons. The van der Waals surface area contributed by atoms with Crippen molar-refractivity contribution in [2.75, 3.05) is 33.9 Å². The Kier molecular flexibility index (Phi) is 10.2. The Morgan fingerprint density at radius 3 is 2.43 bits per heavy atom. The summed E-state index contributed by atoms with van der Waals surface area (Å²) in [6, 6.07) is 17.7. The number of benzene rings is 2. The summed E-state index contributed by atoms with van der Waals surface area (Å²) in [6.45, 7) is 4.01. The summed E-state index contributed by atoms with van der Waals surface area (Å²) in [4.78, 5) is 16.2. The van der Waals surface area contributed by atoms with Crippen LogP contribution >= 0.6 is 0 Å². The van der Waals surface area contributed by atoms with Gasteiger partial charge in [0, 0.05) is 26.7 Å². The molecule has 0 saturated carbocycles. The fourth-order valence-corrected chi connectivity index (χ4v) is 2.75. The summed E-state index contributed by atoms with van der Waals surface area (Å²) in [5.74, 6) is 1.28. The normalized spacial score (nSPS) is 12.2. The zero-order valence-corrected chi connectivity index (χ0v) is 18.0. The lowest BCUT2D eigenvalue weighted by atomic mass is 10.1. The predicted octanol–water partition coefficient (Wildman–Crippen LogP) is 2.64. The first-order chi connectivity index (χ1) is 14.6. The summed E-state index contributed by atoms with van der Waals surface area (Å²) in [5, 5.41) is 9.08. The summed E-state index contributed by atoms with van der Waals surface area (Å²) in [6.07, 6.45) is 0.902. The van der Waals surface area contributed by atoms with E-state index in [2.05, 4.69) is 33.1 Å². The third-order valence-electron chi connectivity index (χ3n) is 4.54. The van der Waals surface area contributed by atoms with Crippen molar-refractivity contribution in [2.24, 2.45) is 4.99 Å². The van der Waals surface area contributed by atoms with E-state index in [-0.39, 0.29) is 18.6 Å². The van der Waals surface area contributed by atoms with Gasteiger partial charge < -0.3 is 25.4 Å². The van der Waals surface area contributed by atoms with E-state index >= 15 is 0 Å². The summed E-state index contributed by atoms with van der Waals surface area (Å²) >= 11 is 0. The van der Waals surface area contributed by atoms with Gasteiger partial charge in [-0.05, 0) is 36.6 Å². The maximum absolute atomic E-state index is 12.0. The molecule has 0 saturated heterocycles. The molecule has 2 rings (SSSR count). The average molecular weight is 413 g/mol. The van der Waals surface area contributed by atoms with Gasteiger partial charge in [0.15, 0.2) is 5.96 Å². The molecule has 0 radical (unpaired) electrons. The summed E-state index contributed by atoms with van der Waals surface area (Å²) in [5.41, 5.74) is 2.18. The molecule has 0 bridgehead atoms. The largest absolute Gasteiger partial charge is 0.497 e. The molecule has 1 atom stereocenters. The second-order valence-electron chi connectivity index (χ2n) is 6.75. The number of nitrogens with zero attached hydrogens (tertiary/aromatic N) is 1. The second-order valence-corrected chi connectivity index (χ2v) is 6.75. The smallest absolute Gasteiger partial charge is 0.239 e. The van der Waals surface area contributed by atoms with Gasteiger partial charge in [-0.3, -0.25) is 9.79 Å². The minimum absolute atomic E-state index is 0.0676. The molecule has 0 aliphatic heterocycles. The van der Waals surface area contributed by atoms with Crippen LogP contribution in [0.3, 0.4) is 0 Å². The van der Waals surface area contributed by atoms with Crippen LogP contribution in [0.15, 0.2) is 59.6 Å². The molecule has 7 nitrogen and oxygen atoms in total. The molecular formula is C23H32N4O3. The first-order valence-electron chi connectivity index (χ1n) is 10.1. The first kappa shape index (κ1) is 23.2. The van der Waals surface area contributed by atoms with Gasteiger partial charge in [-0.25, -0.2) is 0 Å². The topological polar surface area (TPSA) is 84.0 Å². The number of aliphatic imine (C=N–C) groups is 1. The molecule has 0 aliphatic rings. The van der Waals surface area contributed by atoms with Gasteiger partial charge in [-0.15, -0.1) is 0 Å². The minimum atomic E-state index is -0.103. The van der Waals surface area contributed by atoms with Crippen molar-refractivity contribution in [1.29, 1.82) is 0 Å². The van der Waals surface area contributed by atoms with Crippen molar-refractivity contribution >= 4 is 11.9 Å². The zero-order valence-electron chi connectivity index (χ0n) is 18.0. The Labute approximate surface area is 178 Å². The van der Waals surface area contributed by atoms with Crippen LogP contribution in [0.2, 0.25) is 0 Å². The van der Waals surface area contributed by atoms with Gasteiger partial charge in [-0.1, -0.05) is 42.5 Å². The Morgan fingerprint density at radius 2 is 1.77 bits per heavy atom. The van der Waals surface area contributed by atoms with Gasteiger partial charge in [-0.2, -0.15) is 0 Å². The van der Waals surface area contributed by atoms with Crippen LogP contribution in [0.4, 0.5) is 0 Å². The molecule has 0 aromatic heterocycles. The van der Waals surface area contributed by atoms with E-state index in [1.165, 1.54) is 5.56 Å². The van der Waals surface area contributed by atoms with E-state index in [4.69, 9.17) is 9.47 Å². The highest BCUT2D eigenvalue weighted by Crippen LogP contribution is 2.15. The number of carbonyl (C=O) groups excluding carboxylic acids is 1. The Hall–Kier alpha value is -3.06. The molecule has 2 aromatic rings. The maximum Gasteiger partial charge on any atom is 0.239 e. The molecular weight excluding hydrogens is 380 g/mol. The number of hydrogen-bond acceptors (Lipinski definition) is 4. The molecule has 0 spiro atoms. The van der Waals surface area contributed by atoms with E-state index in [9.17, 15) is 4.79 Å². The predicted molar refractivity (Wildman–Crippen MR) is 120 cm³/mol. The van der Waals surface area contributed by atoms with E-state index in [1.807, 2.05) is 49.4 Å². The van der Waals surface area contributed by atoms with E-state index in [0.29, 0.717) is 25.7 Å². The average Bonchev–Trinajstić information content (AvgIpc) is 2.80. The third kappa shape index (κ3) is 8.53. The molecule has 0 fully saturated rings. The van der Waals surface area contributed by atoms with Crippen molar-refractivity contribution in [3.63, 3.8) is 0 Å². The first-order valence-corrected chi connectivity index (χ1v) is 10.1. The van der Waals surface area contributed by atoms with Crippen LogP contribution in [0.1, 0.15) is 30.6 Å². The lowest BCUT2D eigenvalue weighted by Crippen LogP contribution is -2.43. The molecule has 30 heavy (non-hydrogen) atoms. The number of carbonyl (C=O) groups is 1. The van der Waals surface area contributed by atoms with Gasteiger partial charge in [0.1, 0.15) is 5.75 Å². The second kappa shape index (κ2) is 13.2. The Morgan fingerprint density at radius 1 is 1.03 bits per heavy atom. The maximum atomic E-state index is 12.0. The number of guanidine groups is 1. The Bertz CT molecular complexity index is 779. The number of methoxy groups -OCH3 is 1. The van der Waals surface area contributed by atoms with E-state index in [0.717, 1.165) is 17.7 Å². The summed E-state index contributed by atoms with van der Waals surface area (Å²) in [7, 11) is 3.31. The standard InChI is InChI=1S/C23H32N4O3/c1-18(20-8-5-4-6-9-20)30-15-7-14-25-23(24-2)27-17-22(28)26-16-19-10-12-21(29-3)13-11-19/h4-6,8-13,18H,7,14-17H2,1-3H3,(H,26,28)(H2,24,25,27). The molecule has 7 heteroatoms. The third-order valence-corrected chi connectivity index (χ3v) is 4.54. The molecule has 0 aliphatic carbocycles. The number of ether oxygens (including phenoxy) is 2. The number of amides is 1. The lowest BCUT2D eigenvalue weighted by molar-refractivity contribution is -0.120. The minimum Gasteiger partial charge on any atom is -0.497 e. The Balaban J connectivity index is 1.58. The molecule has 1 amide bonds. The zero-order chi connectivity index (χ0) is 21.6. The quantitative estimate of drug-likeness (QED) is 0.300. The van der Waals surface area contributed by atoms with Crippen molar-refractivity contribution in [2.45, 2.75) is 26.0 Å². The van der Waals surface area contributed by atoms with Gasteiger partial charge in [0.25, 0.3) is 0 Å². The van der Waals surface area contributed by atoms with Gasteiger partial charge in [0.2, 0.25) is 5.91 Å². The number of nitrogens with one attached hydrogen (secondary N) is 3. The number of hydrogen-bond donors (Lipinski definition) is 3. The van der Waals surface area contributed by atoms with E-state index < -0.39 is 0 Å². The van der Waals surface area contributed by atoms with Crippen LogP contribution in [-0.2, 0) is 16.1 Å².